The number of nitrogen functional groups attached to an aromatic ring is 1. The summed E-state index contributed by atoms with van der Waals surface area (Å²) in [5.74, 6) is 0.582. The first-order valence-electron chi connectivity index (χ1n) is 6.19. The molecule has 0 radical (unpaired) electrons. The van der Waals surface area contributed by atoms with E-state index >= 15 is 0 Å². The minimum absolute atomic E-state index is 0.582. The molecule has 0 aliphatic carbocycles. The monoisotopic (exact) mass is 257 g/mol. The van der Waals surface area contributed by atoms with Crippen molar-refractivity contribution in [2.45, 2.75) is 36.5 Å². The Kier molecular flexibility index (Phi) is 3.97. The van der Waals surface area contributed by atoms with Crippen LogP contribution >= 0.6 is 11.8 Å². The summed E-state index contributed by atoms with van der Waals surface area (Å²) < 4.78 is 0. The van der Waals surface area contributed by atoms with Gasteiger partial charge in [-0.25, -0.2) is 0 Å². The average molecular weight is 257 g/mol. The molecule has 0 atom stereocenters. The highest BCUT2D eigenvalue weighted by Gasteiger charge is 2.02. The Morgan fingerprint density at radius 2 is 1.61 bits per heavy atom. The first kappa shape index (κ1) is 13.0. The standard InChI is InChI=1S/C16H19NS/c1-11(2)13-4-6-15(7-5-13)18-16-9-12(3)8-14(17)10-16/h4-11H,17H2,1-3H3. The molecule has 0 bridgehead atoms. The van der Waals surface area contributed by atoms with Crippen LogP contribution in [0.2, 0.25) is 0 Å². The number of aryl methyl sites for hydroxylation is 1. The molecule has 0 fully saturated rings. The lowest BCUT2D eigenvalue weighted by atomic mass is 10.0. The van der Waals surface area contributed by atoms with Gasteiger partial charge in [0.2, 0.25) is 0 Å². The van der Waals surface area contributed by atoms with E-state index in [0.29, 0.717) is 5.92 Å². The number of rotatable bonds is 3. The average Bonchev–Trinajstić information content (AvgIpc) is 2.28. The summed E-state index contributed by atoms with van der Waals surface area (Å²) in [4.78, 5) is 2.45. The van der Waals surface area contributed by atoms with E-state index < -0.39 is 0 Å². The SMILES string of the molecule is Cc1cc(N)cc(Sc2ccc(C(C)C)cc2)c1. The minimum Gasteiger partial charge on any atom is -0.399 e. The van der Waals surface area contributed by atoms with Gasteiger partial charge in [0.1, 0.15) is 0 Å². The smallest absolute Gasteiger partial charge is 0.0328 e. The summed E-state index contributed by atoms with van der Waals surface area (Å²) in [5, 5.41) is 0. The molecule has 0 spiro atoms. The van der Waals surface area contributed by atoms with Gasteiger partial charge in [-0.2, -0.15) is 0 Å². The molecule has 2 N–H and O–H groups in total. The maximum atomic E-state index is 5.86. The predicted molar refractivity (Wildman–Crippen MR) is 80.2 cm³/mol. The van der Waals surface area contributed by atoms with Crippen LogP contribution in [0, 0.1) is 6.92 Å². The molecular weight excluding hydrogens is 238 g/mol. The van der Waals surface area contributed by atoms with Crippen LogP contribution in [0.25, 0.3) is 0 Å². The highest BCUT2D eigenvalue weighted by atomic mass is 32.2. The molecule has 0 aliphatic rings. The van der Waals surface area contributed by atoms with E-state index in [1.165, 1.54) is 20.9 Å². The number of anilines is 1. The molecule has 2 aromatic carbocycles. The normalized spacial score (nSPS) is 10.9. The van der Waals surface area contributed by atoms with Crippen molar-refractivity contribution in [2.75, 3.05) is 5.73 Å². The van der Waals surface area contributed by atoms with Crippen molar-refractivity contribution in [1.29, 1.82) is 0 Å². The second kappa shape index (κ2) is 5.49. The molecule has 0 unspecified atom stereocenters. The van der Waals surface area contributed by atoms with Gasteiger partial charge >= 0.3 is 0 Å². The summed E-state index contributed by atoms with van der Waals surface area (Å²) in [5.41, 5.74) is 9.28. The van der Waals surface area contributed by atoms with E-state index in [-0.39, 0.29) is 0 Å². The van der Waals surface area contributed by atoms with E-state index in [1.54, 1.807) is 11.8 Å². The molecule has 0 heterocycles. The van der Waals surface area contributed by atoms with Crippen molar-refractivity contribution in [2.24, 2.45) is 0 Å². The Bertz CT molecular complexity index is 509. The van der Waals surface area contributed by atoms with Gasteiger partial charge in [0.15, 0.2) is 0 Å². The molecule has 0 saturated heterocycles. The fourth-order valence-corrected chi connectivity index (χ4v) is 2.88. The maximum absolute atomic E-state index is 5.86. The number of hydrogen-bond acceptors (Lipinski definition) is 2. The Morgan fingerprint density at radius 3 is 2.17 bits per heavy atom. The fourth-order valence-electron chi connectivity index (χ4n) is 1.89. The third-order valence-electron chi connectivity index (χ3n) is 2.86. The summed E-state index contributed by atoms with van der Waals surface area (Å²) >= 11 is 1.76. The van der Waals surface area contributed by atoms with Gasteiger partial charge in [0.25, 0.3) is 0 Å². The highest BCUT2D eigenvalue weighted by molar-refractivity contribution is 7.99. The number of hydrogen-bond donors (Lipinski definition) is 1. The van der Waals surface area contributed by atoms with E-state index in [4.69, 9.17) is 5.73 Å². The Balaban J connectivity index is 2.18. The van der Waals surface area contributed by atoms with Crippen LogP contribution in [0.4, 0.5) is 5.69 Å². The Hall–Kier alpha value is -1.41. The quantitative estimate of drug-likeness (QED) is 0.795. The van der Waals surface area contributed by atoms with Gasteiger partial charge in [0, 0.05) is 15.5 Å². The van der Waals surface area contributed by atoms with Crippen LogP contribution in [0.3, 0.4) is 0 Å². The maximum Gasteiger partial charge on any atom is 0.0328 e. The lowest BCUT2D eigenvalue weighted by Crippen LogP contribution is -1.87. The molecule has 0 saturated carbocycles. The van der Waals surface area contributed by atoms with Gasteiger partial charge in [-0.1, -0.05) is 37.7 Å². The lowest BCUT2D eigenvalue weighted by molar-refractivity contribution is 0.865. The third kappa shape index (κ3) is 3.30. The van der Waals surface area contributed by atoms with Gasteiger partial charge in [-0.3, -0.25) is 0 Å². The summed E-state index contributed by atoms with van der Waals surface area (Å²) in [7, 11) is 0. The van der Waals surface area contributed by atoms with Crippen molar-refractivity contribution >= 4 is 17.4 Å². The first-order valence-corrected chi connectivity index (χ1v) is 7.01. The van der Waals surface area contributed by atoms with Gasteiger partial charge in [-0.05, 0) is 54.3 Å². The van der Waals surface area contributed by atoms with E-state index in [9.17, 15) is 0 Å². The van der Waals surface area contributed by atoms with Crippen LogP contribution < -0.4 is 5.73 Å². The van der Waals surface area contributed by atoms with Gasteiger partial charge in [-0.15, -0.1) is 0 Å². The molecule has 0 aliphatic heterocycles. The van der Waals surface area contributed by atoms with E-state index in [2.05, 4.69) is 51.1 Å². The molecule has 2 rings (SSSR count). The second-order valence-corrected chi connectivity index (χ2v) is 6.05. The Morgan fingerprint density at radius 1 is 0.944 bits per heavy atom. The van der Waals surface area contributed by atoms with Crippen molar-refractivity contribution in [3.8, 4) is 0 Å². The van der Waals surface area contributed by atoms with Crippen molar-refractivity contribution < 1.29 is 0 Å². The van der Waals surface area contributed by atoms with Gasteiger partial charge < -0.3 is 5.73 Å². The molecule has 1 nitrogen and oxygen atoms in total. The topological polar surface area (TPSA) is 26.0 Å². The molecule has 18 heavy (non-hydrogen) atoms. The zero-order valence-corrected chi connectivity index (χ0v) is 11.9. The number of nitrogens with two attached hydrogens (primary N) is 1. The fraction of sp³-hybridized carbons (Fsp3) is 0.250. The predicted octanol–water partition coefficient (Wildman–Crippen LogP) is 4.85. The zero-order valence-electron chi connectivity index (χ0n) is 11.1. The molecule has 2 heteroatoms. The van der Waals surface area contributed by atoms with Crippen LogP contribution in [0.15, 0.2) is 52.3 Å². The van der Waals surface area contributed by atoms with Crippen molar-refractivity contribution in [3.63, 3.8) is 0 Å². The Labute approximate surface area is 113 Å². The summed E-state index contributed by atoms with van der Waals surface area (Å²) in [6, 6.07) is 14.9. The van der Waals surface area contributed by atoms with Crippen molar-refractivity contribution in [1.82, 2.24) is 0 Å². The third-order valence-corrected chi connectivity index (χ3v) is 3.83. The zero-order chi connectivity index (χ0) is 13.1. The van der Waals surface area contributed by atoms with E-state index in [1.807, 2.05) is 12.1 Å². The summed E-state index contributed by atoms with van der Waals surface area (Å²) in [6.45, 7) is 6.50. The number of benzene rings is 2. The van der Waals surface area contributed by atoms with Crippen LogP contribution in [-0.4, -0.2) is 0 Å². The molecule has 0 aromatic heterocycles. The van der Waals surface area contributed by atoms with Gasteiger partial charge in [0.05, 0.1) is 0 Å². The molecule has 2 aromatic rings. The minimum atomic E-state index is 0.582. The van der Waals surface area contributed by atoms with Crippen LogP contribution in [-0.2, 0) is 0 Å². The first-order chi connectivity index (χ1) is 8.54. The van der Waals surface area contributed by atoms with Crippen molar-refractivity contribution in [3.05, 3.63) is 53.6 Å². The van der Waals surface area contributed by atoms with Crippen LogP contribution in [0.5, 0.6) is 0 Å². The van der Waals surface area contributed by atoms with Crippen LogP contribution in [0.1, 0.15) is 30.9 Å². The van der Waals surface area contributed by atoms with E-state index in [0.717, 1.165) is 5.69 Å². The summed E-state index contributed by atoms with van der Waals surface area (Å²) in [6.07, 6.45) is 0. The molecular formula is C16H19NS. The highest BCUT2D eigenvalue weighted by Crippen LogP contribution is 2.30. The lowest BCUT2D eigenvalue weighted by Gasteiger charge is -2.08. The molecule has 0 amide bonds. The second-order valence-electron chi connectivity index (χ2n) is 4.91. The molecule has 94 valence electrons. The largest absolute Gasteiger partial charge is 0.399 e.